The number of benzene rings is 1. The lowest BCUT2D eigenvalue weighted by Gasteiger charge is -2.20. The summed E-state index contributed by atoms with van der Waals surface area (Å²) in [6.07, 6.45) is -0.525. The number of esters is 1. The molecule has 8 heteroatoms. The van der Waals surface area contributed by atoms with Crippen LogP contribution in [0.15, 0.2) is 12.1 Å². The van der Waals surface area contributed by atoms with Crippen LogP contribution in [0.5, 0.6) is 0 Å². The maximum Gasteiger partial charge on any atom is 0.306 e. The summed E-state index contributed by atoms with van der Waals surface area (Å²) in [5.74, 6) is -2.37. The Morgan fingerprint density at radius 2 is 1.62 bits per heavy atom. The van der Waals surface area contributed by atoms with Gasteiger partial charge in [0, 0.05) is 0 Å². The van der Waals surface area contributed by atoms with Crippen molar-refractivity contribution in [3.8, 4) is 0 Å². The van der Waals surface area contributed by atoms with E-state index < -0.39 is 27.7 Å². The quantitative estimate of drug-likeness (QED) is 0.693. The van der Waals surface area contributed by atoms with Crippen molar-refractivity contribution in [3.05, 3.63) is 34.6 Å². The van der Waals surface area contributed by atoms with Crippen molar-refractivity contribution >= 4 is 21.9 Å². The molecule has 0 spiro atoms. The van der Waals surface area contributed by atoms with Crippen molar-refractivity contribution in [2.24, 2.45) is 0 Å². The Morgan fingerprint density at radius 3 is 2.04 bits per heavy atom. The van der Waals surface area contributed by atoms with Gasteiger partial charge in [0.05, 0.1) is 25.7 Å². The fourth-order valence-electron chi connectivity index (χ4n) is 2.65. The zero-order valence-corrected chi connectivity index (χ0v) is 16.6. The normalized spacial score (nSPS) is 11.7. The average Bonchev–Trinajstić information content (AvgIpc) is 2.52. The van der Waals surface area contributed by atoms with Crippen molar-refractivity contribution in [3.63, 3.8) is 0 Å². The maximum absolute atomic E-state index is 13.9. The summed E-state index contributed by atoms with van der Waals surface area (Å²) in [6.45, 7) is 7.53. The number of amides is 1. The molecule has 0 saturated heterocycles. The van der Waals surface area contributed by atoms with Crippen LogP contribution in [-0.4, -0.2) is 33.2 Å². The molecule has 1 N–H and O–H groups in total. The highest BCUT2D eigenvalue weighted by molar-refractivity contribution is 7.90. The Balaban J connectivity index is 3.04. The third-order valence-electron chi connectivity index (χ3n) is 3.94. The highest BCUT2D eigenvalue weighted by Crippen LogP contribution is 2.29. The van der Waals surface area contributed by atoms with Gasteiger partial charge >= 0.3 is 5.97 Å². The number of ether oxygens (including phenoxy) is 1. The van der Waals surface area contributed by atoms with E-state index in [4.69, 9.17) is 0 Å². The van der Waals surface area contributed by atoms with Crippen LogP contribution in [-0.2, 0) is 30.8 Å². The van der Waals surface area contributed by atoms with E-state index in [2.05, 4.69) is 4.74 Å². The number of hydrogen-bond donors (Lipinski definition) is 1. The summed E-state index contributed by atoms with van der Waals surface area (Å²) in [4.78, 5) is 23.3. The van der Waals surface area contributed by atoms with E-state index in [0.29, 0.717) is 16.7 Å². The number of carbonyl (C=O) groups excluding carboxylic acids is 2. The first kappa shape index (κ1) is 22.1. The predicted octanol–water partition coefficient (Wildman–Crippen LogP) is 2.62. The number of halogens is 1. The molecule has 0 saturated carbocycles. The third-order valence-corrected chi connectivity index (χ3v) is 5.22. The van der Waals surface area contributed by atoms with E-state index in [-0.39, 0.29) is 30.5 Å². The van der Waals surface area contributed by atoms with Crippen LogP contribution in [0.25, 0.3) is 0 Å². The minimum absolute atomic E-state index is 0.0260. The van der Waals surface area contributed by atoms with Crippen molar-refractivity contribution in [2.75, 3.05) is 12.9 Å². The molecule has 0 aromatic heterocycles. The van der Waals surface area contributed by atoms with Gasteiger partial charge in [-0.2, -0.15) is 0 Å². The molecule has 0 unspecified atom stereocenters. The van der Waals surface area contributed by atoms with Gasteiger partial charge in [0.15, 0.2) is 0 Å². The van der Waals surface area contributed by atoms with Gasteiger partial charge in [-0.25, -0.2) is 12.8 Å². The van der Waals surface area contributed by atoms with Crippen LogP contribution in [0.4, 0.5) is 4.39 Å². The molecule has 1 rings (SSSR count). The van der Waals surface area contributed by atoms with Gasteiger partial charge in [-0.1, -0.05) is 27.7 Å². The minimum atomic E-state index is -3.95. The van der Waals surface area contributed by atoms with Crippen LogP contribution in [0.2, 0.25) is 0 Å². The summed E-state index contributed by atoms with van der Waals surface area (Å²) in [5, 5.41) is 0. The van der Waals surface area contributed by atoms with Gasteiger partial charge in [0.25, 0.3) is 0 Å². The fraction of sp³-hybridized carbons (Fsp3) is 0.556. The van der Waals surface area contributed by atoms with Crippen LogP contribution < -0.4 is 4.72 Å². The molecule has 0 aliphatic carbocycles. The lowest BCUT2D eigenvalue weighted by atomic mass is 9.87. The van der Waals surface area contributed by atoms with Gasteiger partial charge in [-0.15, -0.1) is 0 Å². The molecule has 0 aliphatic rings. The van der Waals surface area contributed by atoms with E-state index in [9.17, 15) is 22.4 Å². The zero-order valence-electron chi connectivity index (χ0n) is 15.8. The molecule has 1 aromatic carbocycles. The zero-order chi connectivity index (χ0) is 20.1. The molecule has 1 aromatic rings. The molecule has 1 amide bonds. The minimum Gasteiger partial charge on any atom is -0.469 e. The first-order valence-corrected chi connectivity index (χ1v) is 10.0. The molecule has 0 radical (unpaired) electrons. The third kappa shape index (κ3) is 6.40. The molecular weight excluding hydrogens is 361 g/mol. The largest absolute Gasteiger partial charge is 0.469 e. The smallest absolute Gasteiger partial charge is 0.306 e. The second-order valence-electron chi connectivity index (χ2n) is 6.72. The van der Waals surface area contributed by atoms with Crippen LogP contribution in [0.1, 0.15) is 62.6 Å². The second-order valence-corrected chi connectivity index (χ2v) is 8.56. The molecule has 0 fully saturated rings. The number of nitrogens with one attached hydrogen (secondary N) is 1. The summed E-state index contributed by atoms with van der Waals surface area (Å²) in [7, 11) is -2.80. The molecule has 0 aliphatic heterocycles. The summed E-state index contributed by atoms with van der Waals surface area (Å²) in [6, 6.07) is 2.76. The van der Waals surface area contributed by atoms with Gasteiger partial charge in [0.2, 0.25) is 15.9 Å². The molecule has 146 valence electrons. The molecule has 0 atom stereocenters. The van der Waals surface area contributed by atoms with Crippen molar-refractivity contribution < 1.29 is 27.1 Å². The molecule has 0 bridgehead atoms. The summed E-state index contributed by atoms with van der Waals surface area (Å²) in [5.41, 5.74) is 1.99. The van der Waals surface area contributed by atoms with Crippen molar-refractivity contribution in [1.29, 1.82) is 0 Å². The maximum atomic E-state index is 13.9. The number of hydrogen-bond acceptors (Lipinski definition) is 5. The number of methoxy groups -OCH3 is 1. The van der Waals surface area contributed by atoms with Gasteiger partial charge in [-0.05, 0) is 40.7 Å². The first-order chi connectivity index (χ1) is 12.0. The topological polar surface area (TPSA) is 89.5 Å². The standard InChI is InChI=1S/C18H26FNO5S/c1-11(2)14-8-13(19)9-15(12(3)4)16(14)10-17(21)20-26(23,24)7-6-18(22)25-5/h8-9,11-12H,6-7,10H2,1-5H3,(H,20,21). The molecule has 6 nitrogen and oxygen atoms in total. The van der Waals surface area contributed by atoms with Gasteiger partial charge in [-0.3, -0.25) is 14.3 Å². The monoisotopic (exact) mass is 387 g/mol. The average molecular weight is 387 g/mol. The van der Waals surface area contributed by atoms with Gasteiger partial charge in [0.1, 0.15) is 5.82 Å². The molecular formula is C18H26FNO5S. The van der Waals surface area contributed by atoms with Crippen molar-refractivity contribution in [2.45, 2.75) is 52.4 Å². The highest BCUT2D eigenvalue weighted by atomic mass is 32.2. The Morgan fingerprint density at radius 1 is 1.12 bits per heavy atom. The van der Waals surface area contributed by atoms with E-state index in [1.54, 1.807) is 0 Å². The number of carbonyl (C=O) groups is 2. The predicted molar refractivity (Wildman–Crippen MR) is 96.8 cm³/mol. The van der Waals surface area contributed by atoms with Crippen LogP contribution in [0.3, 0.4) is 0 Å². The van der Waals surface area contributed by atoms with Crippen LogP contribution >= 0.6 is 0 Å². The summed E-state index contributed by atoms with van der Waals surface area (Å²) >= 11 is 0. The lowest BCUT2D eigenvalue weighted by Crippen LogP contribution is -2.34. The fourth-order valence-corrected chi connectivity index (χ4v) is 3.61. The highest BCUT2D eigenvalue weighted by Gasteiger charge is 2.22. The van der Waals surface area contributed by atoms with E-state index in [1.807, 2.05) is 32.4 Å². The molecule has 26 heavy (non-hydrogen) atoms. The lowest BCUT2D eigenvalue weighted by molar-refractivity contribution is -0.140. The summed E-state index contributed by atoms with van der Waals surface area (Å²) < 4.78 is 44.1. The van der Waals surface area contributed by atoms with Crippen molar-refractivity contribution in [1.82, 2.24) is 4.72 Å². The van der Waals surface area contributed by atoms with E-state index in [0.717, 1.165) is 7.11 Å². The SMILES string of the molecule is COC(=O)CCS(=O)(=O)NC(=O)Cc1c(C(C)C)cc(F)cc1C(C)C. The van der Waals surface area contributed by atoms with E-state index >= 15 is 0 Å². The van der Waals surface area contributed by atoms with E-state index in [1.165, 1.54) is 12.1 Å². The Labute approximate surface area is 154 Å². The van der Waals surface area contributed by atoms with Crippen LogP contribution in [0, 0.1) is 5.82 Å². The number of rotatable bonds is 8. The van der Waals surface area contributed by atoms with Gasteiger partial charge < -0.3 is 4.74 Å². The number of sulfonamides is 1. The Bertz CT molecular complexity index is 743. The Hall–Kier alpha value is -1.96. The Kier molecular flexibility index (Phi) is 7.74. The molecule has 0 heterocycles. The first-order valence-electron chi connectivity index (χ1n) is 8.39. The second kappa shape index (κ2) is 9.12.